The molecule has 4 heteroatoms. The molecule has 0 saturated heterocycles. The van der Waals surface area contributed by atoms with Crippen molar-refractivity contribution in [3.63, 3.8) is 0 Å². The van der Waals surface area contributed by atoms with Gasteiger partial charge in [-0.3, -0.25) is 0 Å². The van der Waals surface area contributed by atoms with E-state index in [4.69, 9.17) is 12.2 Å². The first-order valence-electron chi connectivity index (χ1n) is 5.39. The highest BCUT2D eigenvalue weighted by Crippen LogP contribution is 2.32. The molecule has 2 heterocycles. The van der Waals surface area contributed by atoms with Gasteiger partial charge in [-0.25, -0.2) is 0 Å². The fraction of sp³-hybridized carbons (Fsp3) is 0.800. The normalized spacial score (nSPS) is 19.9. The maximum absolute atomic E-state index is 5.22. The van der Waals surface area contributed by atoms with Gasteiger partial charge < -0.3 is 4.57 Å². The molecule has 1 aliphatic rings. The average Bonchev–Trinajstić information content (AvgIpc) is 2.72. The predicted molar refractivity (Wildman–Crippen MR) is 62.4 cm³/mol. The molecular formula is C10H16N2S2. The van der Waals surface area contributed by atoms with Gasteiger partial charge in [-0.15, -0.1) is 0 Å². The summed E-state index contributed by atoms with van der Waals surface area (Å²) in [6.45, 7) is 3.35. The fourth-order valence-electron chi connectivity index (χ4n) is 2.11. The summed E-state index contributed by atoms with van der Waals surface area (Å²) in [4.78, 5) is 0. The third kappa shape index (κ3) is 1.91. The van der Waals surface area contributed by atoms with Crippen molar-refractivity contribution in [3.8, 4) is 0 Å². The minimum absolute atomic E-state index is 0.689. The van der Waals surface area contributed by atoms with Gasteiger partial charge in [0.15, 0.2) is 3.95 Å². The quantitative estimate of drug-likeness (QED) is 0.577. The van der Waals surface area contributed by atoms with Crippen molar-refractivity contribution in [1.29, 1.82) is 0 Å². The fourth-order valence-corrected chi connectivity index (χ4v) is 3.11. The summed E-state index contributed by atoms with van der Waals surface area (Å²) in [5.74, 6) is 1.95. The summed E-state index contributed by atoms with van der Waals surface area (Å²) in [7, 11) is 0. The van der Waals surface area contributed by atoms with Gasteiger partial charge in [0.1, 0.15) is 5.82 Å². The van der Waals surface area contributed by atoms with Crippen LogP contribution in [0.4, 0.5) is 0 Å². The molecule has 1 aromatic rings. The molecule has 2 nitrogen and oxygen atoms in total. The molecular weight excluding hydrogens is 212 g/mol. The van der Waals surface area contributed by atoms with Gasteiger partial charge in [-0.05, 0) is 36.6 Å². The lowest BCUT2D eigenvalue weighted by Gasteiger charge is -2.05. The third-order valence-electron chi connectivity index (χ3n) is 2.94. The van der Waals surface area contributed by atoms with Gasteiger partial charge in [0.25, 0.3) is 0 Å². The number of hydrogen-bond donors (Lipinski definition) is 0. The smallest absolute Gasteiger partial charge is 0.180 e. The highest BCUT2D eigenvalue weighted by molar-refractivity contribution is 7.73. The average molecular weight is 228 g/mol. The van der Waals surface area contributed by atoms with E-state index in [1.54, 1.807) is 0 Å². The van der Waals surface area contributed by atoms with Crippen LogP contribution in [0.15, 0.2) is 0 Å². The molecule has 0 amide bonds. The Morgan fingerprint density at radius 2 is 2.43 bits per heavy atom. The van der Waals surface area contributed by atoms with Crippen LogP contribution in [0.1, 0.15) is 50.8 Å². The minimum atomic E-state index is 0.689. The topological polar surface area (TPSA) is 17.8 Å². The third-order valence-corrected chi connectivity index (χ3v) is 4.04. The molecule has 78 valence electrons. The summed E-state index contributed by atoms with van der Waals surface area (Å²) >= 11 is 6.70. The van der Waals surface area contributed by atoms with E-state index in [1.165, 1.54) is 49.5 Å². The zero-order chi connectivity index (χ0) is 9.97. The summed E-state index contributed by atoms with van der Waals surface area (Å²) < 4.78 is 7.63. The highest BCUT2D eigenvalue weighted by Gasteiger charge is 2.24. The molecule has 0 saturated carbocycles. The molecule has 2 rings (SSSR count). The Balaban J connectivity index is 2.00. The molecule has 14 heavy (non-hydrogen) atoms. The van der Waals surface area contributed by atoms with Crippen LogP contribution in [0.3, 0.4) is 0 Å². The van der Waals surface area contributed by atoms with Gasteiger partial charge in [0, 0.05) is 12.5 Å². The number of aromatic nitrogens is 2. The van der Waals surface area contributed by atoms with Crippen molar-refractivity contribution in [2.75, 3.05) is 0 Å². The van der Waals surface area contributed by atoms with E-state index in [0.717, 1.165) is 10.5 Å². The van der Waals surface area contributed by atoms with Gasteiger partial charge in [0.2, 0.25) is 0 Å². The number of rotatable bonds is 4. The number of unbranched alkanes of at least 4 members (excludes halogenated alkanes) is 2. The van der Waals surface area contributed by atoms with Gasteiger partial charge >= 0.3 is 0 Å². The van der Waals surface area contributed by atoms with Crippen LogP contribution < -0.4 is 0 Å². The molecule has 0 aliphatic carbocycles. The van der Waals surface area contributed by atoms with Crippen LogP contribution in [0.2, 0.25) is 0 Å². The zero-order valence-corrected chi connectivity index (χ0v) is 10.2. The van der Waals surface area contributed by atoms with Crippen molar-refractivity contribution < 1.29 is 0 Å². The molecule has 1 aliphatic heterocycles. The number of nitrogens with zero attached hydrogens (tertiary/aromatic N) is 2. The van der Waals surface area contributed by atoms with Crippen molar-refractivity contribution in [3.05, 3.63) is 9.78 Å². The molecule has 1 aromatic heterocycles. The Morgan fingerprint density at radius 1 is 1.57 bits per heavy atom. The molecule has 0 spiro atoms. The van der Waals surface area contributed by atoms with E-state index in [9.17, 15) is 0 Å². The van der Waals surface area contributed by atoms with Crippen molar-refractivity contribution in [1.82, 2.24) is 8.94 Å². The molecule has 1 atom stereocenters. The second-order valence-corrected chi connectivity index (χ2v) is 5.34. The van der Waals surface area contributed by atoms with Crippen LogP contribution in [-0.2, 0) is 6.54 Å². The Morgan fingerprint density at radius 3 is 3.21 bits per heavy atom. The monoisotopic (exact) mass is 228 g/mol. The lowest BCUT2D eigenvalue weighted by atomic mass is 10.00. The van der Waals surface area contributed by atoms with E-state index < -0.39 is 0 Å². The summed E-state index contributed by atoms with van der Waals surface area (Å²) in [6, 6.07) is 0. The van der Waals surface area contributed by atoms with Gasteiger partial charge in [-0.1, -0.05) is 26.2 Å². The maximum atomic E-state index is 5.22. The van der Waals surface area contributed by atoms with Crippen LogP contribution >= 0.6 is 23.8 Å². The standard InChI is InChI=1S/C10H16N2S2/c1-2-3-4-5-8-6-7-12-9(8)11-14-10(12)13/h8H,2-7H2,1H3. The number of fused-ring (bicyclic) bond motifs is 1. The van der Waals surface area contributed by atoms with Crippen LogP contribution in [-0.4, -0.2) is 8.94 Å². The van der Waals surface area contributed by atoms with E-state index in [1.807, 2.05) is 0 Å². The Hall–Kier alpha value is -0.220. The summed E-state index contributed by atoms with van der Waals surface area (Å²) in [5, 5.41) is 0. The lowest BCUT2D eigenvalue weighted by Crippen LogP contribution is -1.96. The molecule has 0 fully saturated rings. The first kappa shape index (κ1) is 10.3. The minimum Gasteiger partial charge on any atom is -0.310 e. The maximum Gasteiger partial charge on any atom is 0.180 e. The molecule has 0 N–H and O–H groups in total. The highest BCUT2D eigenvalue weighted by atomic mass is 32.2. The van der Waals surface area contributed by atoms with Crippen LogP contribution in [0, 0.1) is 3.95 Å². The molecule has 0 radical (unpaired) electrons. The van der Waals surface area contributed by atoms with Crippen LogP contribution in [0.5, 0.6) is 0 Å². The van der Waals surface area contributed by atoms with E-state index in [-0.39, 0.29) is 0 Å². The first-order chi connectivity index (χ1) is 6.83. The van der Waals surface area contributed by atoms with Gasteiger partial charge in [0.05, 0.1) is 0 Å². The zero-order valence-electron chi connectivity index (χ0n) is 8.53. The van der Waals surface area contributed by atoms with Crippen molar-refractivity contribution in [2.24, 2.45) is 0 Å². The molecule has 1 unspecified atom stereocenters. The van der Waals surface area contributed by atoms with E-state index in [2.05, 4.69) is 15.9 Å². The predicted octanol–water partition coefficient (Wildman–Crippen LogP) is 3.74. The molecule has 0 aromatic carbocycles. The lowest BCUT2D eigenvalue weighted by molar-refractivity contribution is 0.556. The van der Waals surface area contributed by atoms with Gasteiger partial charge in [-0.2, -0.15) is 4.37 Å². The molecule has 0 bridgehead atoms. The van der Waals surface area contributed by atoms with E-state index in [0.29, 0.717) is 5.92 Å². The first-order valence-corrected chi connectivity index (χ1v) is 6.57. The second kappa shape index (κ2) is 4.53. The van der Waals surface area contributed by atoms with Crippen molar-refractivity contribution in [2.45, 2.75) is 51.5 Å². The largest absolute Gasteiger partial charge is 0.310 e. The summed E-state index contributed by atoms with van der Waals surface area (Å²) in [5.41, 5.74) is 0. The SMILES string of the molecule is CCCCCC1CCn2c1nsc2=S. The number of hydrogen-bond acceptors (Lipinski definition) is 3. The Kier molecular flexibility index (Phi) is 3.34. The van der Waals surface area contributed by atoms with Crippen molar-refractivity contribution >= 4 is 23.8 Å². The summed E-state index contributed by atoms with van der Waals surface area (Å²) in [6.07, 6.45) is 6.54. The Labute approximate surface area is 94.1 Å². The Bertz CT molecular complexity index is 353. The van der Waals surface area contributed by atoms with E-state index >= 15 is 0 Å². The second-order valence-electron chi connectivity index (χ2n) is 3.94. The van der Waals surface area contributed by atoms with Crippen LogP contribution in [0.25, 0.3) is 0 Å².